The van der Waals surface area contributed by atoms with Crippen LogP contribution in [0, 0.1) is 0 Å². The van der Waals surface area contributed by atoms with Crippen molar-refractivity contribution in [3.63, 3.8) is 0 Å². The molecule has 0 saturated carbocycles. The van der Waals surface area contributed by atoms with Crippen molar-refractivity contribution in [2.75, 3.05) is 6.66 Å². The number of nitrogens with zero attached hydrogens (tertiary/aromatic N) is 2. The zero-order chi connectivity index (χ0) is 39.5. The van der Waals surface area contributed by atoms with Gasteiger partial charge in [0.25, 0.3) is 0 Å². The van der Waals surface area contributed by atoms with Gasteiger partial charge in [-0.1, -0.05) is 188 Å². The Balaban J connectivity index is 1.04. The maximum Gasteiger partial charge on any atom is 0.160 e. The monoisotopic (exact) mass is 772 g/mol. The summed E-state index contributed by atoms with van der Waals surface area (Å²) in [5, 5.41) is 6.57. The molecule has 1 unspecified atom stereocenters. The summed E-state index contributed by atoms with van der Waals surface area (Å²) in [6, 6.07) is 72.3. The van der Waals surface area contributed by atoms with Crippen LogP contribution < -0.4 is 10.6 Å². The van der Waals surface area contributed by atoms with E-state index in [0.29, 0.717) is 5.82 Å². The van der Waals surface area contributed by atoms with Crippen molar-refractivity contribution in [1.29, 1.82) is 0 Å². The maximum absolute atomic E-state index is 14.4. The lowest BCUT2D eigenvalue weighted by molar-refractivity contribution is 0.591. The maximum atomic E-state index is 14.4. The van der Waals surface area contributed by atoms with E-state index in [9.17, 15) is 4.57 Å². The zero-order valence-electron chi connectivity index (χ0n) is 32.4. The van der Waals surface area contributed by atoms with E-state index < -0.39 is 7.14 Å². The summed E-state index contributed by atoms with van der Waals surface area (Å²) in [4.78, 5) is 10.3. The molecule has 278 valence electrons. The van der Waals surface area contributed by atoms with Gasteiger partial charge in [-0.25, -0.2) is 9.97 Å². The van der Waals surface area contributed by atoms with Crippen molar-refractivity contribution in [2.24, 2.45) is 0 Å². The fourth-order valence-electron chi connectivity index (χ4n) is 8.98. The van der Waals surface area contributed by atoms with Crippen LogP contribution >= 0.6 is 7.14 Å². The number of fused-ring (bicyclic) bond motifs is 5. The first-order valence-electron chi connectivity index (χ1n) is 20.0. The molecule has 3 nitrogen and oxygen atoms in total. The third-order valence-corrected chi connectivity index (χ3v) is 14.4. The number of hydrogen-bond donors (Lipinski definition) is 0. The smallest absolute Gasteiger partial charge is 0.160 e. The predicted octanol–water partition coefficient (Wildman–Crippen LogP) is 13.7. The van der Waals surface area contributed by atoms with Crippen LogP contribution in [-0.2, 0) is 4.57 Å². The van der Waals surface area contributed by atoms with Gasteiger partial charge in [-0.05, 0) is 90.9 Å². The van der Waals surface area contributed by atoms with E-state index in [4.69, 9.17) is 9.97 Å². The first-order chi connectivity index (χ1) is 29.0. The van der Waals surface area contributed by atoms with Gasteiger partial charge in [-0.2, -0.15) is 0 Å². The van der Waals surface area contributed by atoms with Crippen molar-refractivity contribution in [1.82, 2.24) is 9.97 Å². The van der Waals surface area contributed by atoms with Gasteiger partial charge in [0.15, 0.2) is 5.82 Å². The molecule has 0 spiro atoms. The molecule has 2 heterocycles. The summed E-state index contributed by atoms with van der Waals surface area (Å²) in [6.07, 6.45) is 0. The van der Waals surface area contributed by atoms with Crippen LogP contribution in [0.25, 0.3) is 100.0 Å². The molecule has 0 amide bonds. The lowest BCUT2D eigenvalue weighted by Crippen LogP contribution is -2.08. The fraction of sp³-hybridized carbons (Fsp3) is 0.0182. The summed E-state index contributed by atoms with van der Waals surface area (Å²) in [5.74, 6) is 0.690. The minimum Gasteiger partial charge on any atom is -0.314 e. The van der Waals surface area contributed by atoms with E-state index in [1.807, 2.05) is 49.1 Å². The highest BCUT2D eigenvalue weighted by Crippen LogP contribution is 2.52. The van der Waals surface area contributed by atoms with E-state index in [1.165, 1.54) is 21.9 Å². The normalized spacial score (nSPS) is 14.3. The third-order valence-electron chi connectivity index (χ3n) is 11.8. The summed E-state index contributed by atoms with van der Waals surface area (Å²) >= 11 is 0. The van der Waals surface area contributed by atoms with Gasteiger partial charge < -0.3 is 4.57 Å². The van der Waals surface area contributed by atoms with Crippen LogP contribution in [0.2, 0.25) is 0 Å². The second-order valence-electron chi connectivity index (χ2n) is 15.4. The predicted molar refractivity (Wildman–Crippen MR) is 248 cm³/mol. The molecule has 0 N–H and O–H groups in total. The van der Waals surface area contributed by atoms with Crippen LogP contribution in [0.5, 0.6) is 0 Å². The Hall–Kier alpha value is -7.19. The Kier molecular flexibility index (Phi) is 8.32. The summed E-state index contributed by atoms with van der Waals surface area (Å²) in [6.45, 7) is 1.92. The molecule has 59 heavy (non-hydrogen) atoms. The van der Waals surface area contributed by atoms with Crippen LogP contribution in [0.3, 0.4) is 0 Å². The molecule has 0 fully saturated rings. The first kappa shape index (κ1) is 35.0. The molecule has 10 aromatic rings. The molecule has 0 saturated heterocycles. The minimum absolute atomic E-state index is 0.690. The molecule has 1 aromatic heterocycles. The van der Waals surface area contributed by atoms with E-state index in [1.54, 1.807) is 0 Å². The van der Waals surface area contributed by atoms with Crippen LogP contribution in [0.1, 0.15) is 0 Å². The molecule has 9 aromatic carbocycles. The molecule has 11 rings (SSSR count). The van der Waals surface area contributed by atoms with Gasteiger partial charge in [0.05, 0.1) is 11.4 Å². The lowest BCUT2D eigenvalue weighted by atomic mass is 9.85. The molecule has 0 radical (unpaired) electrons. The van der Waals surface area contributed by atoms with E-state index in [2.05, 4.69) is 164 Å². The topological polar surface area (TPSA) is 42.9 Å². The van der Waals surface area contributed by atoms with Crippen LogP contribution in [-0.4, -0.2) is 16.6 Å². The van der Waals surface area contributed by atoms with Crippen LogP contribution in [0.15, 0.2) is 206 Å². The van der Waals surface area contributed by atoms with Crippen LogP contribution in [0.4, 0.5) is 0 Å². The number of rotatable bonds is 6. The molecule has 0 bridgehead atoms. The molecule has 1 aliphatic rings. The quantitative estimate of drug-likeness (QED) is 0.125. The average molecular weight is 773 g/mol. The Labute approximate surface area is 343 Å². The molecule has 4 heteroatoms. The van der Waals surface area contributed by atoms with Crippen molar-refractivity contribution in [3.8, 4) is 78.4 Å². The standard InChI is InChI=1S/C55H37N2OP/c1-59(58)51-26-13-12-21-43(51)44-32-31-42(34-52(44)59)54-47-24-10-8-22-45(47)53(46-23-9-11-25-48(46)54)38-29-27-37(28-30-38)49-35-50(57-55(56-49)39-17-6-3-7-18-39)41-20-14-19-40(33-41)36-15-4-2-5-16-36/h2-35H,1H3. The molecule has 0 aliphatic carbocycles. The summed E-state index contributed by atoms with van der Waals surface area (Å²) in [5.41, 5.74) is 13.8. The van der Waals surface area contributed by atoms with E-state index in [0.717, 1.165) is 82.8 Å². The highest BCUT2D eigenvalue weighted by atomic mass is 31.2. The zero-order valence-corrected chi connectivity index (χ0v) is 33.3. The largest absolute Gasteiger partial charge is 0.314 e. The lowest BCUT2D eigenvalue weighted by Gasteiger charge is -2.19. The van der Waals surface area contributed by atoms with Gasteiger partial charge in [0.1, 0.15) is 7.14 Å². The molecule has 1 aliphatic heterocycles. The Morgan fingerprint density at radius 1 is 0.339 bits per heavy atom. The minimum atomic E-state index is -2.74. The number of hydrogen-bond acceptors (Lipinski definition) is 3. The summed E-state index contributed by atoms with van der Waals surface area (Å²) < 4.78 is 14.4. The van der Waals surface area contributed by atoms with E-state index >= 15 is 0 Å². The Morgan fingerprint density at radius 2 is 0.814 bits per heavy atom. The average Bonchev–Trinajstić information content (AvgIpc) is 3.53. The van der Waals surface area contributed by atoms with Gasteiger partial charge in [-0.3, -0.25) is 0 Å². The first-order valence-corrected chi connectivity index (χ1v) is 22.1. The van der Waals surface area contributed by atoms with Crippen molar-refractivity contribution < 1.29 is 4.57 Å². The highest BCUT2D eigenvalue weighted by Gasteiger charge is 2.34. The SMILES string of the molecule is CP1(=O)c2ccccc2-c2ccc(-c3c4ccccc4c(-c4ccc(-c5cc(-c6cccc(-c7ccccc7)c6)nc(-c6ccccc6)n5)cc4)c4ccccc34)cc21. The molecule has 1 atom stereocenters. The fourth-order valence-corrected chi connectivity index (χ4v) is 11.3. The number of aromatic nitrogens is 2. The third kappa shape index (κ3) is 5.94. The Bertz CT molecular complexity index is 3250. The second kappa shape index (κ2) is 14.0. The van der Waals surface area contributed by atoms with Gasteiger partial charge in [-0.15, -0.1) is 0 Å². The van der Waals surface area contributed by atoms with Gasteiger partial charge >= 0.3 is 0 Å². The number of benzene rings is 9. The second-order valence-corrected chi connectivity index (χ2v) is 18.2. The summed E-state index contributed by atoms with van der Waals surface area (Å²) in [7, 11) is -2.74. The van der Waals surface area contributed by atoms with Gasteiger partial charge in [0, 0.05) is 27.3 Å². The highest BCUT2D eigenvalue weighted by molar-refractivity contribution is 7.79. The molecular weight excluding hydrogens is 736 g/mol. The van der Waals surface area contributed by atoms with Crippen molar-refractivity contribution in [2.45, 2.75) is 0 Å². The van der Waals surface area contributed by atoms with Crippen molar-refractivity contribution >= 4 is 39.3 Å². The van der Waals surface area contributed by atoms with Gasteiger partial charge in [0.2, 0.25) is 0 Å². The Morgan fingerprint density at radius 3 is 1.47 bits per heavy atom. The molecular formula is C55H37N2OP. The van der Waals surface area contributed by atoms with E-state index in [-0.39, 0.29) is 0 Å². The van der Waals surface area contributed by atoms with Crippen molar-refractivity contribution in [3.05, 3.63) is 206 Å².